The first-order chi connectivity index (χ1) is 7.52. The molecule has 7 heteroatoms. The maximum atomic E-state index is 11.9. The quantitative estimate of drug-likeness (QED) is 0.800. The number of nitrogens with zero attached hydrogens (tertiary/aromatic N) is 1. The zero-order chi connectivity index (χ0) is 11.6. The number of ether oxygens (including phenoxy) is 1. The SMILES string of the molecule is CC1(NS(=O)(=O)c2cn[nH]c2)CCCOC1. The molecule has 2 N–H and O–H groups in total. The van der Waals surface area contributed by atoms with Crippen LogP contribution in [0.15, 0.2) is 17.3 Å². The molecule has 0 radical (unpaired) electrons. The van der Waals surface area contributed by atoms with Crippen LogP contribution in [0, 0.1) is 0 Å². The smallest absolute Gasteiger partial charge is 0.244 e. The lowest BCUT2D eigenvalue weighted by Crippen LogP contribution is -2.51. The summed E-state index contributed by atoms with van der Waals surface area (Å²) in [7, 11) is -3.50. The van der Waals surface area contributed by atoms with Crippen molar-refractivity contribution in [3.05, 3.63) is 12.4 Å². The molecule has 2 rings (SSSR count). The number of aromatic amines is 1. The summed E-state index contributed by atoms with van der Waals surface area (Å²) in [6.45, 7) is 2.96. The van der Waals surface area contributed by atoms with Crippen LogP contribution in [-0.2, 0) is 14.8 Å². The predicted octanol–water partition coefficient (Wildman–Crippen LogP) is 0.257. The summed E-state index contributed by atoms with van der Waals surface area (Å²) in [5.74, 6) is 0. The van der Waals surface area contributed by atoms with E-state index in [0.29, 0.717) is 13.2 Å². The molecule has 1 aromatic rings. The van der Waals surface area contributed by atoms with Crippen molar-refractivity contribution in [2.24, 2.45) is 0 Å². The molecule has 1 atom stereocenters. The first-order valence-corrected chi connectivity index (χ1v) is 6.61. The molecule has 0 amide bonds. The summed E-state index contributed by atoms with van der Waals surface area (Å²) in [5, 5.41) is 6.11. The van der Waals surface area contributed by atoms with Gasteiger partial charge in [-0.25, -0.2) is 13.1 Å². The number of hydrogen-bond donors (Lipinski definition) is 2. The van der Waals surface area contributed by atoms with Crippen molar-refractivity contribution in [1.82, 2.24) is 14.9 Å². The van der Waals surface area contributed by atoms with Crippen molar-refractivity contribution in [2.75, 3.05) is 13.2 Å². The maximum Gasteiger partial charge on any atom is 0.244 e. The summed E-state index contributed by atoms with van der Waals surface area (Å²) >= 11 is 0. The lowest BCUT2D eigenvalue weighted by molar-refractivity contribution is 0.0386. The van der Waals surface area contributed by atoms with E-state index in [-0.39, 0.29) is 4.90 Å². The van der Waals surface area contributed by atoms with Crippen molar-refractivity contribution >= 4 is 10.0 Å². The second-order valence-corrected chi connectivity index (χ2v) is 5.94. The highest BCUT2D eigenvalue weighted by Crippen LogP contribution is 2.21. The molecule has 1 unspecified atom stereocenters. The van der Waals surface area contributed by atoms with Crippen molar-refractivity contribution in [3.8, 4) is 0 Å². The Morgan fingerprint density at radius 2 is 2.44 bits per heavy atom. The summed E-state index contributed by atoms with van der Waals surface area (Å²) in [5.41, 5.74) is -0.519. The first kappa shape index (κ1) is 11.6. The van der Waals surface area contributed by atoms with Crippen LogP contribution in [0.25, 0.3) is 0 Å². The molecule has 90 valence electrons. The van der Waals surface area contributed by atoms with E-state index in [9.17, 15) is 8.42 Å². The van der Waals surface area contributed by atoms with Gasteiger partial charge < -0.3 is 4.74 Å². The largest absolute Gasteiger partial charge is 0.380 e. The molecule has 1 aromatic heterocycles. The zero-order valence-corrected chi connectivity index (χ0v) is 9.88. The van der Waals surface area contributed by atoms with E-state index in [0.717, 1.165) is 12.8 Å². The molecular weight excluding hydrogens is 230 g/mol. The molecule has 1 aliphatic heterocycles. The van der Waals surface area contributed by atoms with Crippen LogP contribution in [0.4, 0.5) is 0 Å². The number of nitrogens with one attached hydrogen (secondary N) is 2. The molecule has 16 heavy (non-hydrogen) atoms. The zero-order valence-electron chi connectivity index (χ0n) is 9.06. The van der Waals surface area contributed by atoms with Gasteiger partial charge in [0.05, 0.1) is 18.3 Å². The maximum absolute atomic E-state index is 11.9. The second kappa shape index (κ2) is 4.15. The monoisotopic (exact) mass is 245 g/mol. The summed E-state index contributed by atoms with van der Waals surface area (Å²) in [6, 6.07) is 0. The van der Waals surface area contributed by atoms with Crippen molar-refractivity contribution < 1.29 is 13.2 Å². The van der Waals surface area contributed by atoms with Gasteiger partial charge in [-0.3, -0.25) is 5.10 Å². The lowest BCUT2D eigenvalue weighted by Gasteiger charge is -2.33. The van der Waals surface area contributed by atoms with E-state index >= 15 is 0 Å². The average Bonchev–Trinajstić information content (AvgIpc) is 2.70. The highest BCUT2D eigenvalue weighted by Gasteiger charge is 2.33. The summed E-state index contributed by atoms with van der Waals surface area (Å²) in [6.07, 6.45) is 4.29. The van der Waals surface area contributed by atoms with Crippen LogP contribution >= 0.6 is 0 Å². The van der Waals surface area contributed by atoms with E-state index < -0.39 is 15.6 Å². The highest BCUT2D eigenvalue weighted by atomic mass is 32.2. The first-order valence-electron chi connectivity index (χ1n) is 5.12. The predicted molar refractivity (Wildman–Crippen MR) is 57.4 cm³/mol. The van der Waals surface area contributed by atoms with Crippen LogP contribution in [0.5, 0.6) is 0 Å². The number of rotatable bonds is 3. The van der Waals surface area contributed by atoms with Gasteiger partial charge in [0, 0.05) is 12.8 Å². The Balaban J connectivity index is 2.14. The molecule has 2 heterocycles. The Bertz CT molecular complexity index is 435. The molecule has 1 aliphatic rings. The normalized spacial score (nSPS) is 26.8. The Kier molecular flexibility index (Phi) is 3.00. The molecule has 0 aliphatic carbocycles. The van der Waals surface area contributed by atoms with E-state index in [1.807, 2.05) is 6.92 Å². The van der Waals surface area contributed by atoms with Gasteiger partial charge in [0.25, 0.3) is 0 Å². The standard InChI is InChI=1S/C9H15N3O3S/c1-9(3-2-4-15-7-9)12-16(13,14)8-5-10-11-6-8/h5-6,12H,2-4,7H2,1H3,(H,10,11). The van der Waals surface area contributed by atoms with E-state index in [4.69, 9.17) is 4.74 Å². The van der Waals surface area contributed by atoms with E-state index in [1.165, 1.54) is 12.4 Å². The van der Waals surface area contributed by atoms with Gasteiger partial charge in [0.2, 0.25) is 10.0 Å². The molecule has 0 bridgehead atoms. The van der Waals surface area contributed by atoms with Gasteiger partial charge in [-0.15, -0.1) is 0 Å². The fraction of sp³-hybridized carbons (Fsp3) is 0.667. The molecule has 1 saturated heterocycles. The van der Waals surface area contributed by atoms with Crippen LogP contribution in [0.1, 0.15) is 19.8 Å². The molecule has 0 saturated carbocycles. The van der Waals surface area contributed by atoms with Gasteiger partial charge in [-0.2, -0.15) is 5.10 Å². The minimum Gasteiger partial charge on any atom is -0.380 e. The van der Waals surface area contributed by atoms with Gasteiger partial charge in [0.15, 0.2) is 0 Å². The lowest BCUT2D eigenvalue weighted by atomic mass is 9.97. The third kappa shape index (κ3) is 2.42. The van der Waals surface area contributed by atoms with E-state index in [2.05, 4.69) is 14.9 Å². The average molecular weight is 245 g/mol. The minimum absolute atomic E-state index is 0.152. The number of aromatic nitrogens is 2. The van der Waals surface area contributed by atoms with E-state index in [1.54, 1.807) is 0 Å². The Labute approximate surface area is 94.4 Å². The Morgan fingerprint density at radius 1 is 1.62 bits per heavy atom. The van der Waals surface area contributed by atoms with Crippen molar-refractivity contribution in [3.63, 3.8) is 0 Å². The number of hydrogen-bond acceptors (Lipinski definition) is 4. The van der Waals surface area contributed by atoms with Gasteiger partial charge in [-0.1, -0.05) is 0 Å². The highest BCUT2D eigenvalue weighted by molar-refractivity contribution is 7.89. The van der Waals surface area contributed by atoms with Crippen LogP contribution < -0.4 is 4.72 Å². The fourth-order valence-corrected chi connectivity index (χ4v) is 3.11. The fourth-order valence-electron chi connectivity index (χ4n) is 1.78. The van der Waals surface area contributed by atoms with Gasteiger partial charge in [-0.05, 0) is 19.8 Å². The van der Waals surface area contributed by atoms with Crippen LogP contribution in [-0.4, -0.2) is 37.4 Å². The summed E-state index contributed by atoms with van der Waals surface area (Å²) in [4.78, 5) is 0.152. The van der Waals surface area contributed by atoms with Gasteiger partial charge >= 0.3 is 0 Å². The van der Waals surface area contributed by atoms with Gasteiger partial charge in [0.1, 0.15) is 4.90 Å². The van der Waals surface area contributed by atoms with Crippen LogP contribution in [0.3, 0.4) is 0 Å². The van der Waals surface area contributed by atoms with Crippen molar-refractivity contribution in [2.45, 2.75) is 30.2 Å². The molecule has 0 aromatic carbocycles. The second-order valence-electron chi connectivity index (χ2n) is 4.26. The Morgan fingerprint density at radius 3 is 3.00 bits per heavy atom. The minimum atomic E-state index is -3.50. The molecular formula is C9H15N3O3S. The molecule has 1 fully saturated rings. The topological polar surface area (TPSA) is 84.1 Å². The Hall–Kier alpha value is -0.920. The molecule has 0 spiro atoms. The summed E-state index contributed by atoms with van der Waals surface area (Å²) < 4.78 is 31.8. The third-order valence-electron chi connectivity index (χ3n) is 2.60. The molecule has 6 nitrogen and oxygen atoms in total. The number of H-pyrrole nitrogens is 1. The van der Waals surface area contributed by atoms with Crippen LogP contribution in [0.2, 0.25) is 0 Å². The van der Waals surface area contributed by atoms with Crippen molar-refractivity contribution in [1.29, 1.82) is 0 Å². The third-order valence-corrected chi connectivity index (χ3v) is 4.21. The number of sulfonamides is 1.